The molecule has 0 aliphatic rings. The maximum absolute atomic E-state index is 11.9. The van der Waals surface area contributed by atoms with Crippen LogP contribution in [0.25, 0.3) is 11.8 Å². The molecule has 1 aromatic heterocycles. The van der Waals surface area contributed by atoms with Crippen LogP contribution in [0.2, 0.25) is 0 Å². The maximum Gasteiger partial charge on any atom is 0.261 e. The fourth-order valence-corrected chi connectivity index (χ4v) is 2.01. The fraction of sp³-hybridized carbons (Fsp3) is 0.250. The molecule has 6 nitrogen and oxygen atoms in total. The number of hydrogen-bond acceptors (Lipinski definition) is 4. The molecule has 2 rings (SSSR count). The lowest BCUT2D eigenvalue weighted by molar-refractivity contribution is -0.117. The van der Waals surface area contributed by atoms with Crippen LogP contribution in [0.4, 0.5) is 0 Å². The summed E-state index contributed by atoms with van der Waals surface area (Å²) in [5.74, 6) is -0.345. The quantitative estimate of drug-likeness (QED) is 0.675. The Morgan fingerprint density at radius 1 is 1.50 bits per heavy atom. The summed E-state index contributed by atoms with van der Waals surface area (Å²) >= 11 is 0. The van der Waals surface area contributed by atoms with Gasteiger partial charge in [-0.2, -0.15) is 10.4 Å². The number of amides is 1. The summed E-state index contributed by atoms with van der Waals surface area (Å²) in [5.41, 5.74) is 2.78. The second-order valence-electron chi connectivity index (χ2n) is 4.81. The standard InChI is InChI=1S/C16H17N5O/c1-3-6-19-16(22)14(9-17)8-13-4-5-15(12(2)7-13)21-11-18-10-20-21/h4-5,7-8,10-11H,3,6H2,1-2H3,(H,19,22)/b14-8+. The van der Waals surface area contributed by atoms with Crippen molar-refractivity contribution in [2.75, 3.05) is 6.54 Å². The highest BCUT2D eigenvalue weighted by molar-refractivity contribution is 6.01. The minimum atomic E-state index is -0.345. The number of hydrogen-bond donors (Lipinski definition) is 1. The lowest BCUT2D eigenvalue weighted by Crippen LogP contribution is -2.25. The summed E-state index contributed by atoms with van der Waals surface area (Å²) in [5, 5.41) is 15.9. The van der Waals surface area contributed by atoms with Gasteiger partial charge in [-0.15, -0.1) is 0 Å². The average molecular weight is 295 g/mol. The number of aromatic nitrogens is 3. The van der Waals surface area contributed by atoms with Gasteiger partial charge in [-0.3, -0.25) is 4.79 Å². The van der Waals surface area contributed by atoms with Crippen LogP contribution in [0.5, 0.6) is 0 Å². The van der Waals surface area contributed by atoms with E-state index in [1.807, 2.05) is 38.1 Å². The van der Waals surface area contributed by atoms with E-state index in [4.69, 9.17) is 5.26 Å². The Morgan fingerprint density at radius 3 is 2.91 bits per heavy atom. The van der Waals surface area contributed by atoms with Crippen molar-refractivity contribution >= 4 is 12.0 Å². The van der Waals surface area contributed by atoms with E-state index in [1.165, 1.54) is 6.33 Å². The number of benzene rings is 1. The van der Waals surface area contributed by atoms with Crippen molar-refractivity contribution in [3.8, 4) is 11.8 Å². The molecular formula is C16H17N5O. The first-order valence-corrected chi connectivity index (χ1v) is 7.01. The number of rotatable bonds is 5. The van der Waals surface area contributed by atoms with E-state index in [-0.39, 0.29) is 11.5 Å². The monoisotopic (exact) mass is 295 g/mol. The normalized spacial score (nSPS) is 11.0. The van der Waals surface area contributed by atoms with Gasteiger partial charge in [0.05, 0.1) is 5.69 Å². The molecule has 0 fully saturated rings. The first-order chi connectivity index (χ1) is 10.7. The van der Waals surface area contributed by atoms with Crippen LogP contribution in [-0.2, 0) is 4.79 Å². The molecule has 112 valence electrons. The molecule has 1 N–H and O–H groups in total. The molecule has 1 heterocycles. The lowest BCUT2D eigenvalue weighted by Gasteiger charge is -2.07. The topological polar surface area (TPSA) is 83.6 Å². The molecule has 22 heavy (non-hydrogen) atoms. The molecule has 0 saturated heterocycles. The lowest BCUT2D eigenvalue weighted by atomic mass is 10.1. The molecule has 0 bridgehead atoms. The predicted octanol–water partition coefficient (Wildman–Crippen LogP) is 2.01. The largest absolute Gasteiger partial charge is 0.351 e. The third-order valence-electron chi connectivity index (χ3n) is 3.10. The Labute approximate surface area is 129 Å². The van der Waals surface area contributed by atoms with E-state index in [1.54, 1.807) is 17.1 Å². The van der Waals surface area contributed by atoms with E-state index in [0.29, 0.717) is 6.54 Å². The van der Waals surface area contributed by atoms with E-state index in [2.05, 4.69) is 15.4 Å². The second kappa shape index (κ2) is 7.18. The number of carbonyl (C=O) groups is 1. The third-order valence-corrected chi connectivity index (χ3v) is 3.10. The molecule has 0 atom stereocenters. The summed E-state index contributed by atoms with van der Waals surface area (Å²) in [4.78, 5) is 15.8. The van der Waals surface area contributed by atoms with E-state index >= 15 is 0 Å². The van der Waals surface area contributed by atoms with Gasteiger partial charge in [0.2, 0.25) is 0 Å². The number of carbonyl (C=O) groups excluding carboxylic acids is 1. The van der Waals surface area contributed by atoms with Crippen molar-refractivity contribution in [2.24, 2.45) is 0 Å². The zero-order valence-corrected chi connectivity index (χ0v) is 12.6. The fourth-order valence-electron chi connectivity index (χ4n) is 2.01. The smallest absolute Gasteiger partial charge is 0.261 e. The molecule has 0 radical (unpaired) electrons. The second-order valence-corrected chi connectivity index (χ2v) is 4.81. The molecule has 0 aliphatic carbocycles. The van der Waals surface area contributed by atoms with Crippen molar-refractivity contribution in [2.45, 2.75) is 20.3 Å². The number of aryl methyl sites for hydroxylation is 1. The minimum Gasteiger partial charge on any atom is -0.351 e. The molecule has 2 aromatic rings. The predicted molar refractivity (Wildman–Crippen MR) is 83.0 cm³/mol. The minimum absolute atomic E-state index is 0.0985. The van der Waals surface area contributed by atoms with Gasteiger partial charge in [-0.1, -0.05) is 13.0 Å². The Bertz CT molecular complexity index is 725. The Morgan fingerprint density at radius 2 is 2.32 bits per heavy atom. The van der Waals surface area contributed by atoms with E-state index < -0.39 is 0 Å². The number of nitrogens with zero attached hydrogens (tertiary/aromatic N) is 4. The highest BCUT2D eigenvalue weighted by Gasteiger charge is 2.09. The first kappa shape index (κ1) is 15.4. The van der Waals surface area contributed by atoms with Gasteiger partial charge in [-0.05, 0) is 42.7 Å². The highest BCUT2D eigenvalue weighted by Crippen LogP contribution is 2.16. The van der Waals surface area contributed by atoms with Crippen LogP contribution in [0.15, 0.2) is 36.4 Å². The van der Waals surface area contributed by atoms with Gasteiger partial charge >= 0.3 is 0 Å². The van der Waals surface area contributed by atoms with Gasteiger partial charge in [-0.25, -0.2) is 9.67 Å². The molecular weight excluding hydrogens is 278 g/mol. The van der Waals surface area contributed by atoms with Crippen LogP contribution in [0, 0.1) is 18.3 Å². The van der Waals surface area contributed by atoms with Crippen molar-refractivity contribution in [3.63, 3.8) is 0 Å². The molecule has 0 unspecified atom stereocenters. The van der Waals surface area contributed by atoms with Crippen molar-refractivity contribution in [3.05, 3.63) is 47.6 Å². The summed E-state index contributed by atoms with van der Waals surface area (Å²) in [6, 6.07) is 7.57. The van der Waals surface area contributed by atoms with Crippen LogP contribution in [0.3, 0.4) is 0 Å². The number of nitrogens with one attached hydrogen (secondary N) is 1. The zero-order chi connectivity index (χ0) is 15.9. The zero-order valence-electron chi connectivity index (χ0n) is 12.6. The Kier molecular flexibility index (Phi) is 5.04. The first-order valence-electron chi connectivity index (χ1n) is 7.01. The highest BCUT2D eigenvalue weighted by atomic mass is 16.1. The molecule has 0 saturated carbocycles. The Balaban J connectivity index is 2.26. The van der Waals surface area contributed by atoms with Crippen molar-refractivity contribution in [1.29, 1.82) is 5.26 Å². The summed E-state index contributed by atoms with van der Waals surface area (Å²) < 4.78 is 1.67. The van der Waals surface area contributed by atoms with Crippen LogP contribution in [-0.4, -0.2) is 27.2 Å². The van der Waals surface area contributed by atoms with Gasteiger partial charge in [0, 0.05) is 6.54 Å². The summed E-state index contributed by atoms with van der Waals surface area (Å²) in [7, 11) is 0. The van der Waals surface area contributed by atoms with Gasteiger partial charge in [0.1, 0.15) is 24.3 Å². The van der Waals surface area contributed by atoms with Gasteiger partial charge in [0.15, 0.2) is 0 Å². The Hall–Kier alpha value is -2.94. The molecule has 0 aliphatic heterocycles. The van der Waals surface area contributed by atoms with Crippen molar-refractivity contribution in [1.82, 2.24) is 20.1 Å². The molecule has 0 spiro atoms. The number of nitriles is 1. The summed E-state index contributed by atoms with van der Waals surface area (Å²) in [6.07, 6.45) is 5.51. The van der Waals surface area contributed by atoms with Gasteiger partial charge < -0.3 is 5.32 Å². The SMILES string of the molecule is CCCNC(=O)/C(C#N)=C/c1ccc(-n2cncn2)c(C)c1. The van der Waals surface area contributed by atoms with Crippen LogP contribution < -0.4 is 5.32 Å². The van der Waals surface area contributed by atoms with E-state index in [0.717, 1.165) is 23.2 Å². The summed E-state index contributed by atoms with van der Waals surface area (Å²) in [6.45, 7) is 4.46. The maximum atomic E-state index is 11.9. The average Bonchev–Trinajstić information content (AvgIpc) is 3.04. The van der Waals surface area contributed by atoms with Crippen LogP contribution >= 0.6 is 0 Å². The molecule has 1 amide bonds. The third kappa shape index (κ3) is 3.58. The van der Waals surface area contributed by atoms with E-state index in [9.17, 15) is 4.79 Å². The van der Waals surface area contributed by atoms with Crippen molar-refractivity contribution < 1.29 is 4.79 Å². The van der Waals surface area contributed by atoms with Crippen LogP contribution in [0.1, 0.15) is 24.5 Å². The molecule has 6 heteroatoms. The molecule has 1 aromatic carbocycles. The van der Waals surface area contributed by atoms with Gasteiger partial charge in [0.25, 0.3) is 5.91 Å².